The lowest BCUT2D eigenvalue weighted by molar-refractivity contribution is -0.277. The number of rotatable bonds is 9. The van der Waals surface area contributed by atoms with E-state index in [9.17, 15) is 30.0 Å². The molecular formula is C23H26O13. The first-order chi connectivity index (χ1) is 17.1. The average molecular weight is 510 g/mol. The topological polar surface area (TPSA) is 191 Å². The van der Waals surface area contributed by atoms with Crippen molar-refractivity contribution < 1.29 is 63.5 Å². The predicted molar refractivity (Wildman–Crippen MR) is 119 cm³/mol. The minimum Gasteiger partial charge on any atom is -0.502 e. The number of benzene rings is 2. The summed E-state index contributed by atoms with van der Waals surface area (Å²) in [6, 6.07) is 6.14. The van der Waals surface area contributed by atoms with Crippen molar-refractivity contribution in [3.05, 3.63) is 41.5 Å². The fourth-order valence-electron chi connectivity index (χ4n) is 3.43. The van der Waals surface area contributed by atoms with Crippen LogP contribution < -0.4 is 18.9 Å². The minimum atomic E-state index is -1.73. The number of carboxylic acid groups (broad SMARTS) is 1. The number of aliphatic hydroxyl groups excluding tert-OH is 3. The van der Waals surface area contributed by atoms with Gasteiger partial charge in [-0.25, -0.2) is 9.59 Å². The van der Waals surface area contributed by atoms with E-state index in [1.54, 1.807) is 0 Å². The van der Waals surface area contributed by atoms with Crippen molar-refractivity contribution in [2.45, 2.75) is 30.7 Å². The molecule has 2 aromatic rings. The van der Waals surface area contributed by atoms with Crippen molar-refractivity contribution in [3.63, 3.8) is 0 Å². The first-order valence-corrected chi connectivity index (χ1v) is 10.5. The van der Waals surface area contributed by atoms with Crippen LogP contribution in [-0.4, -0.2) is 96.1 Å². The zero-order valence-electron chi connectivity index (χ0n) is 19.5. The third-order valence-electron chi connectivity index (χ3n) is 5.42. The van der Waals surface area contributed by atoms with Gasteiger partial charge in [0.25, 0.3) is 0 Å². The summed E-state index contributed by atoms with van der Waals surface area (Å²) in [5.41, 5.74) is -0.115. The molecule has 5 N–H and O–H groups in total. The molecule has 2 aromatic carbocycles. The Balaban J connectivity index is 1.74. The Labute approximate surface area is 204 Å². The molecule has 13 heteroatoms. The average Bonchev–Trinajstić information content (AvgIpc) is 2.88. The van der Waals surface area contributed by atoms with Gasteiger partial charge in [0.15, 0.2) is 23.0 Å². The number of esters is 1. The molecular weight excluding hydrogens is 484 g/mol. The third-order valence-corrected chi connectivity index (χ3v) is 5.42. The van der Waals surface area contributed by atoms with Gasteiger partial charge in [-0.15, -0.1) is 0 Å². The lowest BCUT2D eigenvalue weighted by Gasteiger charge is -2.40. The number of aromatic hydroxyl groups is 1. The van der Waals surface area contributed by atoms with E-state index in [1.807, 2.05) is 0 Å². The van der Waals surface area contributed by atoms with E-state index in [1.165, 1.54) is 51.7 Å². The van der Waals surface area contributed by atoms with E-state index in [-0.39, 0.29) is 39.9 Å². The second kappa shape index (κ2) is 11.3. The second-order valence-electron chi connectivity index (χ2n) is 7.63. The molecule has 0 bridgehead atoms. The van der Waals surface area contributed by atoms with E-state index in [4.69, 9.17) is 33.5 Å². The smallest absolute Gasteiger partial charge is 0.338 e. The number of carbonyl (C=O) groups is 2. The molecule has 13 nitrogen and oxygen atoms in total. The van der Waals surface area contributed by atoms with Gasteiger partial charge in [-0.2, -0.15) is 0 Å². The molecule has 1 aliphatic heterocycles. The van der Waals surface area contributed by atoms with Gasteiger partial charge >= 0.3 is 11.9 Å². The van der Waals surface area contributed by atoms with Crippen LogP contribution in [0.2, 0.25) is 0 Å². The van der Waals surface area contributed by atoms with Gasteiger partial charge < -0.3 is 54.0 Å². The standard InChI is InChI=1S/C23H26O13/c1-31-13-6-10(21(28)29)4-5-12(13)35-23-20(27)19(26)18(25)16(36-23)9-34-22(30)11-7-14(32-2)17(24)15(8-11)33-3/h4-8,16,18-20,23-27H,9H2,1-3H3,(H,28,29). The van der Waals surface area contributed by atoms with Crippen molar-refractivity contribution in [1.29, 1.82) is 0 Å². The molecule has 5 unspecified atom stereocenters. The third kappa shape index (κ3) is 5.54. The lowest BCUT2D eigenvalue weighted by atomic mass is 9.99. The van der Waals surface area contributed by atoms with Crippen molar-refractivity contribution in [3.8, 4) is 28.7 Å². The molecule has 0 aromatic heterocycles. The maximum Gasteiger partial charge on any atom is 0.338 e. The number of carbonyl (C=O) groups excluding carboxylic acids is 1. The van der Waals surface area contributed by atoms with Crippen LogP contribution in [-0.2, 0) is 9.47 Å². The van der Waals surface area contributed by atoms with Crippen LogP contribution in [0, 0.1) is 0 Å². The lowest BCUT2D eigenvalue weighted by Crippen LogP contribution is -2.60. The molecule has 0 spiro atoms. The fraction of sp³-hybridized carbons (Fsp3) is 0.391. The van der Waals surface area contributed by atoms with Gasteiger partial charge in [0, 0.05) is 0 Å². The van der Waals surface area contributed by atoms with Crippen LogP contribution in [0.25, 0.3) is 0 Å². The number of hydrogen-bond acceptors (Lipinski definition) is 12. The van der Waals surface area contributed by atoms with E-state index in [0.29, 0.717) is 0 Å². The van der Waals surface area contributed by atoms with Gasteiger partial charge in [0.05, 0.1) is 32.5 Å². The molecule has 0 saturated carbocycles. The van der Waals surface area contributed by atoms with Crippen LogP contribution in [0.3, 0.4) is 0 Å². The summed E-state index contributed by atoms with van der Waals surface area (Å²) in [6.07, 6.45) is -7.94. The van der Waals surface area contributed by atoms with Crippen molar-refractivity contribution in [1.82, 2.24) is 0 Å². The summed E-state index contributed by atoms with van der Waals surface area (Å²) in [7, 11) is 3.85. The highest BCUT2D eigenvalue weighted by Gasteiger charge is 2.45. The van der Waals surface area contributed by atoms with Gasteiger partial charge in [-0.1, -0.05) is 0 Å². The number of ether oxygens (including phenoxy) is 6. The Morgan fingerprint density at radius 1 is 0.833 bits per heavy atom. The number of hydrogen-bond donors (Lipinski definition) is 5. The highest BCUT2D eigenvalue weighted by molar-refractivity contribution is 5.91. The monoisotopic (exact) mass is 510 g/mol. The van der Waals surface area contributed by atoms with Crippen LogP contribution in [0.5, 0.6) is 28.7 Å². The Kier molecular flexibility index (Phi) is 8.42. The summed E-state index contributed by atoms with van der Waals surface area (Å²) in [6.45, 7) is -0.551. The fourth-order valence-corrected chi connectivity index (χ4v) is 3.43. The number of aliphatic hydroxyl groups is 3. The van der Waals surface area contributed by atoms with Gasteiger partial charge in [-0.3, -0.25) is 0 Å². The molecule has 1 aliphatic rings. The molecule has 0 amide bonds. The van der Waals surface area contributed by atoms with Crippen LogP contribution in [0.15, 0.2) is 30.3 Å². The maximum atomic E-state index is 12.6. The number of methoxy groups -OCH3 is 3. The molecule has 196 valence electrons. The number of carboxylic acids is 1. The Morgan fingerprint density at radius 2 is 1.42 bits per heavy atom. The highest BCUT2D eigenvalue weighted by atomic mass is 16.7. The van der Waals surface area contributed by atoms with Crippen LogP contribution in [0.4, 0.5) is 0 Å². The summed E-state index contributed by atoms with van der Waals surface area (Å²) in [5, 5.41) is 50.1. The minimum absolute atomic E-state index is 0.00540. The van der Waals surface area contributed by atoms with E-state index in [2.05, 4.69) is 0 Å². The van der Waals surface area contributed by atoms with E-state index in [0.717, 1.165) is 0 Å². The van der Waals surface area contributed by atoms with Gasteiger partial charge in [0.1, 0.15) is 31.0 Å². The van der Waals surface area contributed by atoms with E-state index < -0.39 is 49.3 Å². The van der Waals surface area contributed by atoms with Crippen molar-refractivity contribution in [2.24, 2.45) is 0 Å². The van der Waals surface area contributed by atoms with Crippen molar-refractivity contribution >= 4 is 11.9 Å². The normalized spacial score (nSPS) is 23.4. The Morgan fingerprint density at radius 3 is 1.97 bits per heavy atom. The molecule has 1 saturated heterocycles. The predicted octanol–water partition coefficient (Wildman–Crippen LogP) is 0.160. The molecule has 3 rings (SSSR count). The first kappa shape index (κ1) is 26.8. The molecule has 36 heavy (non-hydrogen) atoms. The number of phenolic OH excluding ortho intramolecular Hbond substituents is 1. The molecule has 1 heterocycles. The quantitative estimate of drug-likeness (QED) is 0.287. The zero-order chi connectivity index (χ0) is 26.6. The molecule has 1 fully saturated rings. The number of phenols is 1. The van der Waals surface area contributed by atoms with Crippen LogP contribution >= 0.6 is 0 Å². The number of aromatic carboxylic acids is 1. The Hall–Kier alpha value is -3.78. The molecule has 5 atom stereocenters. The summed E-state index contributed by atoms with van der Waals surface area (Å²) >= 11 is 0. The summed E-state index contributed by atoms with van der Waals surface area (Å²) < 4.78 is 31.4. The second-order valence-corrected chi connectivity index (χ2v) is 7.63. The van der Waals surface area contributed by atoms with Gasteiger partial charge in [0.2, 0.25) is 12.0 Å². The summed E-state index contributed by atoms with van der Waals surface area (Å²) in [5.74, 6) is -2.45. The van der Waals surface area contributed by atoms with Crippen LogP contribution in [0.1, 0.15) is 20.7 Å². The van der Waals surface area contributed by atoms with Gasteiger partial charge in [-0.05, 0) is 30.3 Å². The first-order valence-electron chi connectivity index (χ1n) is 10.5. The SMILES string of the molecule is COc1cc(C(=O)O)ccc1OC1OC(COC(=O)c2cc(OC)c(O)c(OC)c2)C(O)C(O)C1O. The largest absolute Gasteiger partial charge is 0.502 e. The molecule has 0 aliphatic carbocycles. The highest BCUT2D eigenvalue weighted by Crippen LogP contribution is 2.37. The zero-order valence-corrected chi connectivity index (χ0v) is 19.5. The molecule has 0 radical (unpaired) electrons. The van der Waals surface area contributed by atoms with Crippen molar-refractivity contribution in [2.75, 3.05) is 27.9 Å². The summed E-state index contributed by atoms with van der Waals surface area (Å²) in [4.78, 5) is 23.7. The van der Waals surface area contributed by atoms with E-state index >= 15 is 0 Å². The maximum absolute atomic E-state index is 12.6. The Bertz CT molecular complexity index is 1080.